The Morgan fingerprint density at radius 1 is 1.04 bits per heavy atom. The highest BCUT2D eigenvalue weighted by Crippen LogP contribution is 2.30. The number of aromatic nitrogens is 4. The molecule has 4 aromatic rings. The lowest BCUT2D eigenvalue weighted by atomic mass is 9.94. The van der Waals surface area contributed by atoms with E-state index < -0.39 is 0 Å². The molecule has 0 amide bonds. The van der Waals surface area contributed by atoms with Gasteiger partial charge >= 0.3 is 0 Å². The van der Waals surface area contributed by atoms with Crippen LogP contribution < -0.4 is 4.90 Å². The van der Waals surface area contributed by atoms with Gasteiger partial charge in [-0.15, -0.1) is 0 Å². The zero-order valence-electron chi connectivity index (χ0n) is 14.2. The molecule has 6 heteroatoms. The Hall–Kier alpha value is -2.99. The fourth-order valence-corrected chi connectivity index (χ4v) is 3.95. The molecule has 0 saturated carbocycles. The number of H-pyrrole nitrogens is 1. The van der Waals surface area contributed by atoms with Crippen LogP contribution in [-0.4, -0.2) is 44.2 Å². The van der Waals surface area contributed by atoms with Gasteiger partial charge in [-0.1, -0.05) is 18.2 Å². The van der Waals surface area contributed by atoms with E-state index in [-0.39, 0.29) is 12.0 Å². The van der Waals surface area contributed by atoms with Gasteiger partial charge in [0.25, 0.3) is 0 Å². The van der Waals surface area contributed by atoms with Crippen LogP contribution in [0, 0.1) is 5.92 Å². The fourth-order valence-electron chi connectivity index (χ4n) is 3.95. The molecule has 6 nitrogen and oxygen atoms in total. The van der Waals surface area contributed by atoms with Crippen LogP contribution in [0.1, 0.15) is 5.56 Å². The summed E-state index contributed by atoms with van der Waals surface area (Å²) in [6.45, 7) is 1.36. The normalized spacial score (nSPS) is 20.3. The minimum absolute atomic E-state index is 0.157. The average Bonchev–Trinajstić information content (AvgIpc) is 3.29. The molecule has 4 heterocycles. The number of fused-ring (bicyclic) bond motifs is 2. The van der Waals surface area contributed by atoms with Gasteiger partial charge in [0.15, 0.2) is 0 Å². The summed E-state index contributed by atoms with van der Waals surface area (Å²) in [5.74, 6) is 1.04. The second-order valence-electron chi connectivity index (χ2n) is 6.86. The third-order valence-corrected chi connectivity index (χ3v) is 5.26. The third-order valence-electron chi connectivity index (χ3n) is 5.26. The summed E-state index contributed by atoms with van der Waals surface area (Å²) in [5, 5.41) is 12.8. The Morgan fingerprint density at radius 2 is 1.96 bits per heavy atom. The topological polar surface area (TPSA) is 77.9 Å². The summed E-state index contributed by atoms with van der Waals surface area (Å²) in [5.41, 5.74) is 3.06. The van der Waals surface area contributed by atoms with E-state index in [1.54, 1.807) is 6.33 Å². The van der Waals surface area contributed by atoms with E-state index >= 15 is 0 Å². The summed E-state index contributed by atoms with van der Waals surface area (Å²) >= 11 is 0. The highest BCUT2D eigenvalue weighted by molar-refractivity contribution is 5.87. The maximum atomic E-state index is 10.7. The quantitative estimate of drug-likeness (QED) is 0.597. The molecule has 1 aromatic carbocycles. The van der Waals surface area contributed by atoms with Crippen LogP contribution >= 0.6 is 0 Å². The minimum atomic E-state index is -0.383. The highest BCUT2D eigenvalue weighted by Gasteiger charge is 2.33. The van der Waals surface area contributed by atoms with Crippen molar-refractivity contribution in [3.8, 4) is 0 Å². The summed E-state index contributed by atoms with van der Waals surface area (Å²) < 4.78 is 0. The van der Waals surface area contributed by atoms with Gasteiger partial charge in [0.1, 0.15) is 17.8 Å². The monoisotopic (exact) mass is 345 g/mol. The molecule has 1 aliphatic heterocycles. The van der Waals surface area contributed by atoms with Crippen molar-refractivity contribution < 1.29 is 5.11 Å². The zero-order valence-corrected chi connectivity index (χ0v) is 14.2. The number of β-amino-alcohol motifs (C(OH)–C–C–N with tert-alkyl or cyclic N) is 1. The molecule has 0 bridgehead atoms. The van der Waals surface area contributed by atoms with Gasteiger partial charge in [-0.2, -0.15) is 0 Å². The smallest absolute Gasteiger partial charge is 0.142 e. The van der Waals surface area contributed by atoms with Crippen molar-refractivity contribution in [2.24, 2.45) is 5.92 Å². The number of benzene rings is 1. The van der Waals surface area contributed by atoms with Gasteiger partial charge in [0, 0.05) is 36.8 Å². The first kappa shape index (κ1) is 15.3. The maximum absolute atomic E-state index is 10.7. The van der Waals surface area contributed by atoms with Crippen molar-refractivity contribution in [2.45, 2.75) is 12.5 Å². The van der Waals surface area contributed by atoms with E-state index in [0.717, 1.165) is 40.7 Å². The molecule has 1 fully saturated rings. The lowest BCUT2D eigenvalue weighted by Gasteiger charge is -2.18. The van der Waals surface area contributed by atoms with E-state index in [1.165, 1.54) is 5.56 Å². The number of nitrogens with one attached hydrogen (secondary N) is 1. The Kier molecular flexibility index (Phi) is 3.57. The SMILES string of the molecule is O[C@@H]1CN(c2ncnc3[nH]ccc23)C[C@H]1Cc1ccnc2ccccc12. The maximum Gasteiger partial charge on any atom is 0.142 e. The molecule has 130 valence electrons. The van der Waals surface area contributed by atoms with Crippen molar-refractivity contribution in [3.63, 3.8) is 0 Å². The number of aromatic amines is 1. The number of nitrogens with zero attached hydrogens (tertiary/aromatic N) is 4. The molecule has 2 N–H and O–H groups in total. The van der Waals surface area contributed by atoms with Gasteiger partial charge in [0.05, 0.1) is 17.0 Å². The number of hydrogen-bond acceptors (Lipinski definition) is 5. The van der Waals surface area contributed by atoms with E-state index in [1.807, 2.05) is 36.7 Å². The van der Waals surface area contributed by atoms with Gasteiger partial charge in [0.2, 0.25) is 0 Å². The van der Waals surface area contributed by atoms with Crippen LogP contribution in [0.4, 0.5) is 5.82 Å². The van der Waals surface area contributed by atoms with Crippen LogP contribution in [-0.2, 0) is 6.42 Å². The molecule has 26 heavy (non-hydrogen) atoms. The number of anilines is 1. The summed E-state index contributed by atoms with van der Waals surface area (Å²) in [6.07, 6.45) is 5.73. The van der Waals surface area contributed by atoms with Crippen molar-refractivity contribution in [3.05, 3.63) is 60.7 Å². The van der Waals surface area contributed by atoms with E-state index in [2.05, 4.69) is 37.0 Å². The van der Waals surface area contributed by atoms with Crippen molar-refractivity contribution in [1.82, 2.24) is 19.9 Å². The molecule has 0 radical (unpaired) electrons. The van der Waals surface area contributed by atoms with Gasteiger partial charge in [-0.25, -0.2) is 9.97 Å². The third kappa shape index (κ3) is 2.50. The molecular weight excluding hydrogens is 326 g/mol. The molecule has 1 saturated heterocycles. The number of aliphatic hydroxyl groups is 1. The van der Waals surface area contributed by atoms with Gasteiger partial charge < -0.3 is 15.0 Å². The lowest BCUT2D eigenvalue weighted by Crippen LogP contribution is -2.22. The van der Waals surface area contributed by atoms with Crippen LogP contribution in [0.3, 0.4) is 0 Å². The van der Waals surface area contributed by atoms with E-state index in [0.29, 0.717) is 6.54 Å². The number of rotatable bonds is 3. The number of pyridine rings is 1. The first-order valence-electron chi connectivity index (χ1n) is 8.83. The Bertz CT molecular complexity index is 1070. The van der Waals surface area contributed by atoms with Crippen LogP contribution in [0.25, 0.3) is 21.9 Å². The number of hydrogen-bond donors (Lipinski definition) is 2. The molecule has 0 aliphatic carbocycles. The zero-order chi connectivity index (χ0) is 17.5. The first-order chi connectivity index (χ1) is 12.8. The standard InChI is InChI=1S/C20H19N5O/c26-18-11-25(20-16-6-8-22-19(16)23-12-24-20)10-14(18)9-13-5-7-21-17-4-2-1-3-15(13)17/h1-8,12,14,18,26H,9-11H2,(H,22,23,24)/t14-,18-/m1/s1. The predicted octanol–water partition coefficient (Wildman–Crippen LogP) is 2.55. The Balaban J connectivity index is 1.43. The van der Waals surface area contributed by atoms with Crippen LogP contribution in [0.15, 0.2) is 55.1 Å². The molecule has 5 rings (SSSR count). The van der Waals surface area contributed by atoms with Crippen molar-refractivity contribution in [2.75, 3.05) is 18.0 Å². The summed E-state index contributed by atoms with van der Waals surface area (Å²) in [4.78, 5) is 18.4. The fraction of sp³-hybridized carbons (Fsp3) is 0.250. The summed E-state index contributed by atoms with van der Waals surface area (Å²) in [7, 11) is 0. The second kappa shape index (κ2) is 6.07. The minimum Gasteiger partial charge on any atom is -0.391 e. The van der Waals surface area contributed by atoms with E-state index in [4.69, 9.17) is 0 Å². The summed E-state index contributed by atoms with van der Waals surface area (Å²) in [6, 6.07) is 12.2. The highest BCUT2D eigenvalue weighted by atomic mass is 16.3. The van der Waals surface area contributed by atoms with Crippen LogP contribution in [0.2, 0.25) is 0 Å². The van der Waals surface area contributed by atoms with Crippen LogP contribution in [0.5, 0.6) is 0 Å². The largest absolute Gasteiger partial charge is 0.391 e. The molecule has 0 unspecified atom stereocenters. The van der Waals surface area contributed by atoms with Gasteiger partial charge in [-0.05, 0) is 30.2 Å². The number of para-hydroxylation sites is 1. The first-order valence-corrected chi connectivity index (χ1v) is 8.83. The second-order valence-corrected chi connectivity index (χ2v) is 6.86. The average molecular weight is 345 g/mol. The molecule has 0 spiro atoms. The lowest BCUT2D eigenvalue weighted by molar-refractivity contribution is 0.148. The Labute approximate surface area is 150 Å². The van der Waals surface area contributed by atoms with E-state index in [9.17, 15) is 5.11 Å². The predicted molar refractivity (Wildman–Crippen MR) is 101 cm³/mol. The molecule has 2 atom stereocenters. The van der Waals surface area contributed by atoms with Crippen molar-refractivity contribution in [1.29, 1.82) is 0 Å². The van der Waals surface area contributed by atoms with Gasteiger partial charge in [-0.3, -0.25) is 4.98 Å². The Morgan fingerprint density at radius 3 is 2.92 bits per heavy atom. The molecule has 3 aromatic heterocycles. The molecular formula is C20H19N5O. The number of aliphatic hydroxyl groups excluding tert-OH is 1. The van der Waals surface area contributed by atoms with Crippen molar-refractivity contribution >= 4 is 27.8 Å². The molecule has 1 aliphatic rings.